The highest BCUT2D eigenvalue weighted by atomic mass is 32.2. The monoisotopic (exact) mass is 475 g/mol. The molecule has 2 aromatic carbocycles. The van der Waals surface area contributed by atoms with Crippen molar-refractivity contribution in [3.8, 4) is 5.75 Å². The number of rotatable bonds is 9. The lowest BCUT2D eigenvalue weighted by Gasteiger charge is -2.32. The number of anilines is 2. The van der Waals surface area contributed by atoms with E-state index in [9.17, 15) is 24.3 Å². The average molecular weight is 476 g/mol. The van der Waals surface area contributed by atoms with E-state index in [1.807, 2.05) is 0 Å². The van der Waals surface area contributed by atoms with Crippen molar-refractivity contribution in [1.29, 1.82) is 0 Å². The summed E-state index contributed by atoms with van der Waals surface area (Å²) in [6.07, 6.45) is 0.456. The number of nitrogens with one attached hydrogen (secondary N) is 2. The van der Waals surface area contributed by atoms with Crippen molar-refractivity contribution in [2.75, 3.05) is 23.0 Å². The Morgan fingerprint density at radius 2 is 1.94 bits per heavy atom. The van der Waals surface area contributed by atoms with Crippen LogP contribution in [-0.2, 0) is 26.3 Å². The van der Waals surface area contributed by atoms with E-state index in [2.05, 4.69) is 10.6 Å². The Morgan fingerprint density at radius 3 is 2.58 bits per heavy atom. The summed E-state index contributed by atoms with van der Waals surface area (Å²) in [6, 6.07) is 9.59. The quantitative estimate of drug-likeness (QED) is 0.238. The van der Waals surface area contributed by atoms with Crippen LogP contribution in [0.5, 0.6) is 5.75 Å². The summed E-state index contributed by atoms with van der Waals surface area (Å²) in [4.78, 5) is 34.3. The number of unbranched alkanes of at least 4 members (excludes halogenated alkanes) is 1. The number of nitro benzene ring substituents is 1. The van der Waals surface area contributed by atoms with Crippen LogP contribution in [-0.4, -0.2) is 33.8 Å². The third kappa shape index (κ3) is 6.14. The van der Waals surface area contributed by atoms with E-state index >= 15 is 0 Å². The predicted octanol–water partition coefficient (Wildman–Crippen LogP) is 4.32. The maximum absolute atomic E-state index is 12.5. The average Bonchev–Trinajstić information content (AvgIpc) is 2.72. The fraction of sp³-hybridized carbons (Fsp3) is 0.364. The third-order valence-corrected chi connectivity index (χ3v) is 6.41. The number of hydrogen-bond acceptors (Lipinski definition) is 7. The van der Waals surface area contributed by atoms with Gasteiger partial charge in [0.1, 0.15) is 11.4 Å². The second kappa shape index (κ2) is 10.1. The van der Waals surface area contributed by atoms with Gasteiger partial charge in [-0.15, -0.1) is 0 Å². The van der Waals surface area contributed by atoms with E-state index in [4.69, 9.17) is 9.47 Å². The van der Waals surface area contributed by atoms with Crippen LogP contribution in [0.4, 0.5) is 21.9 Å². The zero-order valence-corrected chi connectivity index (χ0v) is 19.3. The minimum atomic E-state index is -1.21. The van der Waals surface area contributed by atoms with Crippen LogP contribution >= 0.6 is 0 Å². The number of benzene rings is 2. The molecular formula is C22H25N3O7S. The summed E-state index contributed by atoms with van der Waals surface area (Å²) >= 11 is -1.21. The first-order valence-electron chi connectivity index (χ1n) is 10.3. The number of carbonyl (C=O) groups excluding carboxylic acids is 2. The molecule has 2 amide bonds. The van der Waals surface area contributed by atoms with Gasteiger partial charge in [0.2, 0.25) is 5.91 Å². The molecule has 0 fully saturated rings. The van der Waals surface area contributed by atoms with Crippen LogP contribution < -0.4 is 15.4 Å². The Bertz CT molecular complexity index is 1060. The number of nitro groups is 1. The molecule has 10 nitrogen and oxygen atoms in total. The first-order chi connectivity index (χ1) is 15.6. The number of fused-ring (bicyclic) bond motifs is 1. The van der Waals surface area contributed by atoms with E-state index in [0.717, 1.165) is 0 Å². The van der Waals surface area contributed by atoms with Gasteiger partial charge in [0.15, 0.2) is 10.6 Å². The maximum Gasteiger partial charge on any atom is 0.412 e. The number of cyclic esters (lactones) is 1. The Hall–Kier alpha value is -3.31. The van der Waals surface area contributed by atoms with Gasteiger partial charge >= 0.3 is 11.8 Å². The summed E-state index contributed by atoms with van der Waals surface area (Å²) < 4.78 is 23.4. The number of amides is 2. The lowest BCUT2D eigenvalue weighted by atomic mass is 9.94. The molecule has 0 bridgehead atoms. The molecule has 1 aliphatic rings. The highest BCUT2D eigenvalue weighted by Crippen LogP contribution is 2.42. The van der Waals surface area contributed by atoms with Crippen LogP contribution in [0.1, 0.15) is 39.2 Å². The minimum Gasteiger partial charge on any atom is -0.611 e. The van der Waals surface area contributed by atoms with Gasteiger partial charge in [0.25, 0.3) is 0 Å². The molecule has 176 valence electrons. The normalized spacial score (nSPS) is 15.0. The molecule has 0 saturated heterocycles. The molecule has 3 rings (SSSR count). The zero-order chi connectivity index (χ0) is 24.2. The molecule has 0 spiro atoms. The number of nitrogens with zero attached hydrogens (tertiary/aromatic N) is 1. The molecule has 0 aromatic heterocycles. The second-order valence-electron chi connectivity index (χ2n) is 7.96. The molecule has 2 aromatic rings. The van der Waals surface area contributed by atoms with Crippen LogP contribution in [0, 0.1) is 10.1 Å². The molecule has 1 unspecified atom stereocenters. The second-order valence-corrected chi connectivity index (χ2v) is 9.53. The van der Waals surface area contributed by atoms with Crippen molar-refractivity contribution in [3.05, 3.63) is 52.1 Å². The van der Waals surface area contributed by atoms with Gasteiger partial charge in [-0.05, 0) is 68.2 Å². The predicted molar refractivity (Wildman–Crippen MR) is 123 cm³/mol. The highest BCUT2D eigenvalue weighted by Gasteiger charge is 2.36. The number of ether oxygens (including phenoxy) is 2. The SMILES string of the molecule is CC(=O)Nc1ccc([S+]([O-])CCCCOc2cc3c(cc2[N+](=O)[O-])NC(=O)OC3(C)C)cc1. The molecule has 1 heterocycles. The lowest BCUT2D eigenvalue weighted by molar-refractivity contribution is -0.385. The third-order valence-electron chi connectivity index (χ3n) is 4.95. The van der Waals surface area contributed by atoms with Gasteiger partial charge in [0.05, 0.1) is 17.2 Å². The first-order valence-corrected chi connectivity index (χ1v) is 11.6. The number of carbonyl (C=O) groups is 2. The first kappa shape index (κ1) is 24.3. The summed E-state index contributed by atoms with van der Waals surface area (Å²) in [6.45, 7) is 5.00. The van der Waals surface area contributed by atoms with Gasteiger partial charge < -0.3 is 19.3 Å². The van der Waals surface area contributed by atoms with Gasteiger partial charge in [-0.1, -0.05) is 0 Å². The van der Waals surface area contributed by atoms with Gasteiger partial charge in [-0.3, -0.25) is 20.2 Å². The van der Waals surface area contributed by atoms with E-state index in [1.165, 1.54) is 19.1 Å². The minimum absolute atomic E-state index is 0.0845. The van der Waals surface area contributed by atoms with E-state index < -0.39 is 27.8 Å². The Balaban J connectivity index is 1.56. The van der Waals surface area contributed by atoms with Crippen LogP contribution in [0.25, 0.3) is 0 Å². The maximum atomic E-state index is 12.5. The fourth-order valence-electron chi connectivity index (χ4n) is 3.38. The van der Waals surface area contributed by atoms with E-state index in [0.29, 0.717) is 40.4 Å². The van der Waals surface area contributed by atoms with Crippen molar-refractivity contribution in [3.63, 3.8) is 0 Å². The lowest BCUT2D eigenvalue weighted by Crippen LogP contribution is -2.34. The standard InChI is InChI=1S/C22H25N3O7S/c1-14(26)23-15-6-8-16(9-7-15)33(30)11-5-4-10-31-20-12-17-18(13-19(20)25(28)29)24-21(27)32-22(17,2)3/h6-9,12-13H,4-5,10-11H2,1-3H3,(H,23,26)(H,24,27). The van der Waals surface area contributed by atoms with Crippen LogP contribution in [0.15, 0.2) is 41.3 Å². The zero-order valence-electron chi connectivity index (χ0n) is 18.5. The van der Waals surface area contributed by atoms with Crippen molar-refractivity contribution >= 4 is 40.2 Å². The topological polar surface area (TPSA) is 143 Å². The Labute approximate surface area is 194 Å². The van der Waals surface area contributed by atoms with Crippen molar-refractivity contribution in [1.82, 2.24) is 0 Å². The van der Waals surface area contributed by atoms with E-state index in [-0.39, 0.29) is 24.0 Å². The van der Waals surface area contributed by atoms with Crippen LogP contribution in [0.3, 0.4) is 0 Å². The number of hydrogen-bond donors (Lipinski definition) is 2. The summed E-state index contributed by atoms with van der Waals surface area (Å²) in [7, 11) is 0. The molecule has 1 aliphatic heterocycles. The summed E-state index contributed by atoms with van der Waals surface area (Å²) in [5, 5.41) is 16.6. The molecule has 1 atom stereocenters. The molecule has 2 N–H and O–H groups in total. The molecule has 11 heteroatoms. The Kier molecular flexibility index (Phi) is 7.44. The van der Waals surface area contributed by atoms with Crippen molar-refractivity contribution in [2.45, 2.75) is 44.1 Å². The molecule has 0 radical (unpaired) electrons. The highest BCUT2D eigenvalue weighted by molar-refractivity contribution is 7.91. The van der Waals surface area contributed by atoms with Gasteiger partial charge in [0, 0.05) is 24.2 Å². The van der Waals surface area contributed by atoms with Crippen molar-refractivity contribution < 1.29 is 28.5 Å². The molecule has 0 aliphatic carbocycles. The van der Waals surface area contributed by atoms with Gasteiger partial charge in [-0.25, -0.2) is 4.79 Å². The van der Waals surface area contributed by atoms with Gasteiger partial charge in [-0.2, -0.15) is 0 Å². The van der Waals surface area contributed by atoms with Crippen molar-refractivity contribution in [2.24, 2.45) is 0 Å². The molecule has 0 saturated carbocycles. The molecule has 33 heavy (non-hydrogen) atoms. The smallest absolute Gasteiger partial charge is 0.412 e. The fourth-order valence-corrected chi connectivity index (χ4v) is 4.52. The Morgan fingerprint density at radius 1 is 1.24 bits per heavy atom. The summed E-state index contributed by atoms with van der Waals surface area (Å²) in [5.74, 6) is 0.312. The van der Waals surface area contributed by atoms with Crippen LogP contribution in [0.2, 0.25) is 0 Å². The largest absolute Gasteiger partial charge is 0.611 e. The van der Waals surface area contributed by atoms with E-state index in [1.54, 1.807) is 38.1 Å². The molecular weight excluding hydrogens is 450 g/mol. The summed E-state index contributed by atoms with van der Waals surface area (Å²) in [5.41, 5.74) is 0.310.